The van der Waals surface area contributed by atoms with Crippen LogP contribution in [0, 0.1) is 6.92 Å². The van der Waals surface area contributed by atoms with Gasteiger partial charge in [-0.1, -0.05) is 0 Å². The van der Waals surface area contributed by atoms with E-state index in [0.717, 1.165) is 21.9 Å². The lowest BCUT2D eigenvalue weighted by molar-refractivity contribution is 0.102. The number of ether oxygens (including phenoxy) is 2. The average molecular weight is 355 g/mol. The monoisotopic (exact) mass is 355 g/mol. The Morgan fingerprint density at radius 2 is 1.84 bits per heavy atom. The predicted molar refractivity (Wildman–Crippen MR) is 97.6 cm³/mol. The molecule has 2 heterocycles. The molecular formula is C18H17N3O3S. The molecular weight excluding hydrogens is 338 g/mol. The molecule has 0 aliphatic carbocycles. The number of benzene rings is 1. The molecule has 1 amide bonds. The van der Waals surface area contributed by atoms with Crippen molar-refractivity contribution in [2.75, 3.05) is 19.5 Å². The average Bonchev–Trinajstić information content (AvgIpc) is 3.02. The van der Waals surface area contributed by atoms with E-state index < -0.39 is 0 Å². The number of aryl methyl sites for hydroxylation is 1. The van der Waals surface area contributed by atoms with Crippen molar-refractivity contribution in [3.8, 4) is 22.9 Å². The standard InChI is InChI=1S/C18H17N3O3S/c1-11-16(12-4-7-14(23-2)8-5-12)20-18(25-11)21-17(22)13-6-9-15(24-3)19-10-13/h4-10H,1-3H3,(H,20,21,22). The predicted octanol–water partition coefficient (Wildman–Crippen LogP) is 3.78. The van der Waals surface area contributed by atoms with Gasteiger partial charge in [-0.05, 0) is 37.3 Å². The molecule has 0 aliphatic heterocycles. The normalized spacial score (nSPS) is 10.4. The molecule has 1 N–H and O–H groups in total. The fourth-order valence-electron chi connectivity index (χ4n) is 2.27. The smallest absolute Gasteiger partial charge is 0.259 e. The molecule has 3 rings (SSSR count). The Morgan fingerprint density at radius 3 is 2.44 bits per heavy atom. The first-order valence-electron chi connectivity index (χ1n) is 7.54. The maximum atomic E-state index is 12.3. The number of amides is 1. The highest BCUT2D eigenvalue weighted by Crippen LogP contribution is 2.31. The van der Waals surface area contributed by atoms with Gasteiger partial charge in [0.2, 0.25) is 5.88 Å². The summed E-state index contributed by atoms with van der Waals surface area (Å²) in [5.74, 6) is 0.991. The topological polar surface area (TPSA) is 73.3 Å². The minimum Gasteiger partial charge on any atom is -0.497 e. The Labute approximate surface area is 149 Å². The van der Waals surface area contributed by atoms with E-state index in [-0.39, 0.29) is 5.91 Å². The number of rotatable bonds is 5. The van der Waals surface area contributed by atoms with E-state index in [9.17, 15) is 4.79 Å². The van der Waals surface area contributed by atoms with Gasteiger partial charge >= 0.3 is 0 Å². The van der Waals surface area contributed by atoms with Crippen molar-refractivity contribution in [3.05, 3.63) is 53.0 Å². The summed E-state index contributed by atoms with van der Waals surface area (Å²) in [6.45, 7) is 1.97. The molecule has 7 heteroatoms. The molecule has 1 aromatic carbocycles. The number of nitrogens with one attached hydrogen (secondary N) is 1. The summed E-state index contributed by atoms with van der Waals surface area (Å²) in [6.07, 6.45) is 1.47. The van der Waals surface area contributed by atoms with Gasteiger partial charge in [-0.25, -0.2) is 9.97 Å². The van der Waals surface area contributed by atoms with Crippen molar-refractivity contribution in [2.45, 2.75) is 6.92 Å². The van der Waals surface area contributed by atoms with Gasteiger partial charge in [-0.2, -0.15) is 0 Å². The molecule has 0 spiro atoms. The van der Waals surface area contributed by atoms with Gasteiger partial charge in [-0.3, -0.25) is 10.1 Å². The molecule has 0 bridgehead atoms. The Balaban J connectivity index is 1.78. The summed E-state index contributed by atoms with van der Waals surface area (Å²) < 4.78 is 10.2. The van der Waals surface area contributed by atoms with E-state index in [2.05, 4.69) is 15.3 Å². The summed E-state index contributed by atoms with van der Waals surface area (Å²) in [4.78, 5) is 21.9. The van der Waals surface area contributed by atoms with E-state index >= 15 is 0 Å². The zero-order valence-corrected chi connectivity index (χ0v) is 14.9. The van der Waals surface area contributed by atoms with Crippen LogP contribution in [0.5, 0.6) is 11.6 Å². The molecule has 0 aliphatic rings. The van der Waals surface area contributed by atoms with Gasteiger partial charge < -0.3 is 9.47 Å². The Morgan fingerprint density at radius 1 is 1.08 bits per heavy atom. The number of hydrogen-bond acceptors (Lipinski definition) is 6. The van der Waals surface area contributed by atoms with Crippen LogP contribution in [-0.4, -0.2) is 30.1 Å². The molecule has 0 saturated heterocycles. The number of nitrogens with zero attached hydrogens (tertiary/aromatic N) is 2. The third-order valence-corrected chi connectivity index (χ3v) is 4.47. The lowest BCUT2D eigenvalue weighted by atomic mass is 10.1. The van der Waals surface area contributed by atoms with Gasteiger partial charge in [0.1, 0.15) is 5.75 Å². The van der Waals surface area contributed by atoms with Gasteiger partial charge in [0.15, 0.2) is 5.13 Å². The first kappa shape index (κ1) is 16.9. The molecule has 2 aromatic heterocycles. The number of pyridine rings is 1. The van der Waals surface area contributed by atoms with Gasteiger partial charge in [0.05, 0.1) is 25.5 Å². The van der Waals surface area contributed by atoms with Crippen LogP contribution in [0.1, 0.15) is 15.2 Å². The van der Waals surface area contributed by atoms with Crippen LogP contribution in [-0.2, 0) is 0 Å². The maximum Gasteiger partial charge on any atom is 0.259 e. The third-order valence-electron chi connectivity index (χ3n) is 3.59. The fourth-order valence-corrected chi connectivity index (χ4v) is 3.10. The van der Waals surface area contributed by atoms with Crippen molar-refractivity contribution in [1.82, 2.24) is 9.97 Å². The SMILES string of the molecule is COc1ccc(-c2nc(NC(=O)c3ccc(OC)nc3)sc2C)cc1. The number of thiazole rings is 1. The number of methoxy groups -OCH3 is 2. The van der Waals surface area contributed by atoms with Gasteiger partial charge in [0.25, 0.3) is 5.91 Å². The van der Waals surface area contributed by atoms with Crippen molar-refractivity contribution < 1.29 is 14.3 Å². The van der Waals surface area contributed by atoms with Crippen LogP contribution in [0.3, 0.4) is 0 Å². The third kappa shape index (κ3) is 3.77. The van der Waals surface area contributed by atoms with Crippen molar-refractivity contribution >= 4 is 22.4 Å². The highest BCUT2D eigenvalue weighted by Gasteiger charge is 2.13. The van der Waals surface area contributed by atoms with Crippen molar-refractivity contribution in [1.29, 1.82) is 0 Å². The quantitative estimate of drug-likeness (QED) is 0.754. The van der Waals surface area contributed by atoms with E-state index in [1.165, 1.54) is 24.6 Å². The Kier molecular flexibility index (Phi) is 4.95. The van der Waals surface area contributed by atoms with Gasteiger partial charge in [-0.15, -0.1) is 11.3 Å². The molecule has 25 heavy (non-hydrogen) atoms. The highest BCUT2D eigenvalue weighted by atomic mass is 32.1. The molecule has 0 fully saturated rings. The second-order valence-corrected chi connectivity index (χ2v) is 6.40. The summed E-state index contributed by atoms with van der Waals surface area (Å²) in [6, 6.07) is 11.0. The van der Waals surface area contributed by atoms with Crippen LogP contribution >= 0.6 is 11.3 Å². The maximum absolute atomic E-state index is 12.3. The zero-order chi connectivity index (χ0) is 17.8. The van der Waals surface area contributed by atoms with Crippen LogP contribution in [0.25, 0.3) is 11.3 Å². The first-order valence-corrected chi connectivity index (χ1v) is 8.35. The second-order valence-electron chi connectivity index (χ2n) is 5.20. The van der Waals surface area contributed by atoms with Crippen LogP contribution in [0.2, 0.25) is 0 Å². The summed E-state index contributed by atoms with van der Waals surface area (Å²) in [5.41, 5.74) is 2.26. The zero-order valence-electron chi connectivity index (χ0n) is 14.1. The first-order chi connectivity index (χ1) is 12.1. The largest absolute Gasteiger partial charge is 0.497 e. The van der Waals surface area contributed by atoms with E-state index in [0.29, 0.717) is 16.6 Å². The van der Waals surface area contributed by atoms with E-state index in [1.807, 2.05) is 31.2 Å². The Bertz CT molecular complexity index is 874. The number of aromatic nitrogens is 2. The number of anilines is 1. The molecule has 3 aromatic rings. The lowest BCUT2D eigenvalue weighted by Crippen LogP contribution is -2.12. The molecule has 6 nitrogen and oxygen atoms in total. The molecule has 0 saturated carbocycles. The fraction of sp³-hybridized carbons (Fsp3) is 0.167. The molecule has 128 valence electrons. The number of carbonyl (C=O) groups is 1. The highest BCUT2D eigenvalue weighted by molar-refractivity contribution is 7.16. The minimum absolute atomic E-state index is 0.259. The second kappa shape index (κ2) is 7.31. The number of carbonyl (C=O) groups excluding carboxylic acids is 1. The van der Waals surface area contributed by atoms with E-state index in [1.54, 1.807) is 19.2 Å². The van der Waals surface area contributed by atoms with Gasteiger partial charge in [0, 0.05) is 22.7 Å². The van der Waals surface area contributed by atoms with Crippen molar-refractivity contribution in [2.24, 2.45) is 0 Å². The molecule has 0 atom stereocenters. The minimum atomic E-state index is -0.259. The number of hydrogen-bond donors (Lipinski definition) is 1. The summed E-state index contributed by atoms with van der Waals surface area (Å²) >= 11 is 1.43. The van der Waals surface area contributed by atoms with Crippen molar-refractivity contribution in [3.63, 3.8) is 0 Å². The summed E-state index contributed by atoms with van der Waals surface area (Å²) in [7, 11) is 3.16. The Hall–Kier alpha value is -2.93. The van der Waals surface area contributed by atoms with Crippen LogP contribution in [0.4, 0.5) is 5.13 Å². The van der Waals surface area contributed by atoms with E-state index in [4.69, 9.17) is 9.47 Å². The van der Waals surface area contributed by atoms with Crippen LogP contribution in [0.15, 0.2) is 42.6 Å². The molecule has 0 radical (unpaired) electrons. The lowest BCUT2D eigenvalue weighted by Gasteiger charge is -2.03. The van der Waals surface area contributed by atoms with Crippen LogP contribution < -0.4 is 14.8 Å². The summed E-state index contributed by atoms with van der Waals surface area (Å²) in [5, 5.41) is 3.36. The molecule has 0 unspecified atom stereocenters.